The molecule has 1 aromatic carbocycles. The number of nitrogens with two attached hydrogens (primary N) is 1. The van der Waals surface area contributed by atoms with Gasteiger partial charge in [0, 0.05) is 5.69 Å². The van der Waals surface area contributed by atoms with E-state index in [9.17, 15) is 9.18 Å². The Labute approximate surface area is 123 Å². The molecule has 6 heteroatoms. The predicted molar refractivity (Wildman–Crippen MR) is 82.6 cm³/mol. The molecule has 0 aliphatic rings. The van der Waals surface area contributed by atoms with Crippen molar-refractivity contribution >= 4 is 35.8 Å². The second-order valence-electron chi connectivity index (χ2n) is 4.04. The lowest BCUT2D eigenvalue weighted by atomic mass is 10.1. The quantitative estimate of drug-likeness (QED) is 0.850. The molecule has 0 aliphatic heterocycles. The standard InChI is InChI=1S/C13H19FN2OS.ClH/c1-3-9-4-5-10(8-11(9)14)16-13(17)12(15)6-7-18-2;/h4-5,8,12H,3,6-7,15H2,1-2H3,(H,16,17);1H. The number of carbonyl (C=O) groups is 1. The van der Waals surface area contributed by atoms with Gasteiger partial charge in [0.2, 0.25) is 5.91 Å². The zero-order valence-electron chi connectivity index (χ0n) is 11.1. The molecule has 0 heterocycles. The normalized spacial score (nSPS) is 11.6. The number of benzene rings is 1. The van der Waals surface area contributed by atoms with Gasteiger partial charge in [0.1, 0.15) is 5.82 Å². The molecule has 108 valence electrons. The van der Waals surface area contributed by atoms with E-state index in [1.165, 1.54) is 6.07 Å². The van der Waals surface area contributed by atoms with E-state index in [0.29, 0.717) is 24.1 Å². The fourth-order valence-electron chi connectivity index (χ4n) is 1.52. The van der Waals surface area contributed by atoms with E-state index in [1.807, 2.05) is 13.2 Å². The summed E-state index contributed by atoms with van der Waals surface area (Å²) in [5.41, 5.74) is 6.82. The molecule has 3 nitrogen and oxygen atoms in total. The van der Waals surface area contributed by atoms with Crippen LogP contribution in [0.15, 0.2) is 18.2 Å². The number of aryl methyl sites for hydroxylation is 1. The van der Waals surface area contributed by atoms with Gasteiger partial charge >= 0.3 is 0 Å². The number of halogens is 2. The van der Waals surface area contributed by atoms with Crippen molar-refractivity contribution in [3.63, 3.8) is 0 Å². The molecule has 19 heavy (non-hydrogen) atoms. The third-order valence-electron chi connectivity index (χ3n) is 2.67. The first-order chi connectivity index (χ1) is 8.58. The van der Waals surface area contributed by atoms with Crippen molar-refractivity contribution in [2.75, 3.05) is 17.3 Å². The molecule has 0 saturated carbocycles. The Morgan fingerprint density at radius 1 is 1.53 bits per heavy atom. The highest BCUT2D eigenvalue weighted by atomic mass is 35.5. The van der Waals surface area contributed by atoms with Gasteiger partial charge in [0.15, 0.2) is 0 Å². The van der Waals surface area contributed by atoms with E-state index in [0.717, 1.165) is 5.75 Å². The van der Waals surface area contributed by atoms with Gasteiger partial charge in [0.05, 0.1) is 6.04 Å². The average molecular weight is 307 g/mol. The van der Waals surface area contributed by atoms with Gasteiger partial charge in [-0.1, -0.05) is 13.0 Å². The third-order valence-corrected chi connectivity index (χ3v) is 3.32. The Hall–Kier alpha value is -0.780. The van der Waals surface area contributed by atoms with E-state index in [4.69, 9.17) is 5.73 Å². The molecule has 0 fully saturated rings. The fourth-order valence-corrected chi connectivity index (χ4v) is 2.01. The highest BCUT2D eigenvalue weighted by Crippen LogP contribution is 2.15. The Bertz CT molecular complexity index is 418. The third kappa shape index (κ3) is 5.80. The number of hydrogen-bond donors (Lipinski definition) is 2. The first-order valence-electron chi connectivity index (χ1n) is 5.92. The van der Waals surface area contributed by atoms with Crippen LogP contribution in [0.3, 0.4) is 0 Å². The molecular weight excluding hydrogens is 287 g/mol. The van der Waals surface area contributed by atoms with E-state index in [2.05, 4.69) is 5.32 Å². The van der Waals surface area contributed by atoms with Gasteiger partial charge in [-0.2, -0.15) is 11.8 Å². The second kappa shape index (κ2) is 9.18. The average Bonchev–Trinajstić information content (AvgIpc) is 2.36. The van der Waals surface area contributed by atoms with Crippen molar-refractivity contribution in [1.82, 2.24) is 0 Å². The number of amides is 1. The van der Waals surface area contributed by atoms with Crippen LogP contribution in [0.25, 0.3) is 0 Å². The number of anilines is 1. The topological polar surface area (TPSA) is 55.1 Å². The summed E-state index contributed by atoms with van der Waals surface area (Å²) in [6.07, 6.45) is 3.21. The van der Waals surface area contributed by atoms with Gasteiger partial charge in [-0.25, -0.2) is 4.39 Å². The summed E-state index contributed by atoms with van der Waals surface area (Å²) in [7, 11) is 0. The Balaban J connectivity index is 0.00000324. The van der Waals surface area contributed by atoms with E-state index in [-0.39, 0.29) is 24.1 Å². The van der Waals surface area contributed by atoms with Crippen molar-refractivity contribution in [3.8, 4) is 0 Å². The lowest BCUT2D eigenvalue weighted by Gasteiger charge is -2.12. The van der Waals surface area contributed by atoms with Crippen molar-refractivity contribution in [2.45, 2.75) is 25.8 Å². The molecule has 1 aromatic rings. The summed E-state index contributed by atoms with van der Waals surface area (Å²) in [4.78, 5) is 11.7. The van der Waals surface area contributed by atoms with E-state index < -0.39 is 6.04 Å². The smallest absolute Gasteiger partial charge is 0.241 e. The SMILES string of the molecule is CCc1ccc(NC(=O)C(N)CCSC)cc1F.Cl. The van der Waals surface area contributed by atoms with E-state index >= 15 is 0 Å². The van der Waals surface area contributed by atoms with Crippen LogP contribution in [-0.4, -0.2) is 24.0 Å². The summed E-state index contributed by atoms with van der Waals surface area (Å²) >= 11 is 1.64. The molecule has 0 saturated heterocycles. The molecule has 0 aliphatic carbocycles. The summed E-state index contributed by atoms with van der Waals surface area (Å²) < 4.78 is 13.5. The molecular formula is C13H20ClFN2OS. The van der Waals surface area contributed by atoms with Crippen molar-refractivity contribution in [1.29, 1.82) is 0 Å². The Morgan fingerprint density at radius 2 is 2.21 bits per heavy atom. The monoisotopic (exact) mass is 306 g/mol. The van der Waals surface area contributed by atoms with Gasteiger partial charge in [0.25, 0.3) is 0 Å². The highest BCUT2D eigenvalue weighted by Gasteiger charge is 2.13. The maximum Gasteiger partial charge on any atom is 0.241 e. The molecule has 0 aromatic heterocycles. The molecule has 3 N–H and O–H groups in total. The number of thioether (sulfide) groups is 1. The van der Waals surface area contributed by atoms with Crippen molar-refractivity contribution in [3.05, 3.63) is 29.6 Å². The predicted octanol–water partition coefficient (Wildman–Crippen LogP) is 2.83. The summed E-state index contributed by atoms with van der Waals surface area (Å²) in [5.74, 6) is 0.262. The van der Waals surface area contributed by atoms with Crippen LogP contribution in [0.4, 0.5) is 10.1 Å². The molecule has 0 radical (unpaired) electrons. The van der Waals surface area contributed by atoms with Crippen LogP contribution < -0.4 is 11.1 Å². The Morgan fingerprint density at radius 3 is 2.74 bits per heavy atom. The van der Waals surface area contributed by atoms with Crippen LogP contribution >= 0.6 is 24.2 Å². The minimum Gasteiger partial charge on any atom is -0.325 e. The van der Waals surface area contributed by atoms with Crippen LogP contribution in [0.5, 0.6) is 0 Å². The second-order valence-corrected chi connectivity index (χ2v) is 5.02. The maximum atomic E-state index is 13.5. The summed E-state index contributed by atoms with van der Waals surface area (Å²) in [6, 6.07) is 4.16. The summed E-state index contributed by atoms with van der Waals surface area (Å²) in [6.45, 7) is 1.88. The zero-order chi connectivity index (χ0) is 13.5. The first kappa shape index (κ1) is 18.2. The minimum atomic E-state index is -0.550. The number of hydrogen-bond acceptors (Lipinski definition) is 3. The van der Waals surface area contributed by atoms with Gasteiger partial charge in [-0.3, -0.25) is 4.79 Å². The van der Waals surface area contributed by atoms with Crippen molar-refractivity contribution < 1.29 is 9.18 Å². The first-order valence-corrected chi connectivity index (χ1v) is 7.31. The van der Waals surface area contributed by atoms with Gasteiger partial charge in [-0.05, 0) is 42.5 Å². The molecule has 1 unspecified atom stereocenters. The highest BCUT2D eigenvalue weighted by molar-refractivity contribution is 7.98. The lowest BCUT2D eigenvalue weighted by molar-refractivity contribution is -0.117. The molecule has 1 rings (SSSR count). The summed E-state index contributed by atoms with van der Waals surface area (Å²) in [5, 5.41) is 2.63. The van der Waals surface area contributed by atoms with Gasteiger partial charge < -0.3 is 11.1 Å². The zero-order valence-corrected chi connectivity index (χ0v) is 12.7. The van der Waals surface area contributed by atoms with Crippen molar-refractivity contribution in [2.24, 2.45) is 5.73 Å². The molecule has 1 atom stereocenters. The van der Waals surface area contributed by atoms with Crippen LogP contribution in [0.2, 0.25) is 0 Å². The molecule has 1 amide bonds. The lowest BCUT2D eigenvalue weighted by Crippen LogP contribution is -2.36. The number of carbonyl (C=O) groups excluding carboxylic acids is 1. The number of rotatable bonds is 6. The molecule has 0 spiro atoms. The Kier molecular flexibility index (Phi) is 8.80. The van der Waals surface area contributed by atoms with E-state index in [1.54, 1.807) is 23.9 Å². The maximum absolute atomic E-state index is 13.5. The minimum absolute atomic E-state index is 0. The van der Waals surface area contributed by atoms with Gasteiger partial charge in [-0.15, -0.1) is 12.4 Å². The van der Waals surface area contributed by atoms with Crippen LogP contribution in [0, 0.1) is 5.82 Å². The fraction of sp³-hybridized carbons (Fsp3) is 0.462. The van der Waals surface area contributed by atoms with Crippen LogP contribution in [0.1, 0.15) is 18.9 Å². The number of nitrogens with one attached hydrogen (secondary N) is 1. The largest absolute Gasteiger partial charge is 0.325 e. The molecule has 0 bridgehead atoms. The van der Waals surface area contributed by atoms with Crippen LogP contribution in [-0.2, 0) is 11.2 Å².